The molecule has 10 nitrogen and oxygen atoms in total. The fourth-order valence-corrected chi connectivity index (χ4v) is 6.09. The number of rotatable bonds is 6. The third-order valence-electron chi connectivity index (χ3n) is 7.16. The van der Waals surface area contributed by atoms with Gasteiger partial charge in [0.2, 0.25) is 0 Å². The third-order valence-corrected chi connectivity index (χ3v) is 8.16. The Balaban J connectivity index is 1.18. The molecule has 40 heavy (non-hydrogen) atoms. The Labute approximate surface area is 235 Å². The standard InChI is InChI=1S/C29H31N7O3S/c1-18-16-35(17-19(2)39-18)28-6-4-5-23(34-28)24-8-7-20-13-30-22(11-25(20)33-24)15-32-29(37)26-12-27-21(14-31-26)9-10-36(27)40(3)38/h4-8,11-14,18-19H,9-10,15-17H2,1-3H3,(H,32,37). The molecule has 4 aromatic rings. The van der Waals surface area contributed by atoms with Gasteiger partial charge in [0.1, 0.15) is 22.5 Å². The number of nitrogens with one attached hydrogen (secondary N) is 1. The van der Waals surface area contributed by atoms with Crippen LogP contribution in [0.2, 0.25) is 0 Å². The van der Waals surface area contributed by atoms with Gasteiger partial charge < -0.3 is 15.0 Å². The number of aromatic nitrogens is 4. The first-order valence-corrected chi connectivity index (χ1v) is 14.9. The summed E-state index contributed by atoms with van der Waals surface area (Å²) >= 11 is 0. The van der Waals surface area contributed by atoms with Gasteiger partial charge in [-0.05, 0) is 62.2 Å². The molecule has 0 spiro atoms. The molecule has 11 heteroatoms. The molecule has 0 aliphatic carbocycles. The van der Waals surface area contributed by atoms with Crippen molar-refractivity contribution in [3.63, 3.8) is 0 Å². The highest BCUT2D eigenvalue weighted by Crippen LogP contribution is 2.29. The lowest BCUT2D eigenvalue weighted by Gasteiger charge is -2.36. The molecule has 0 aromatic carbocycles. The molecule has 0 bridgehead atoms. The molecule has 2 aliphatic rings. The highest BCUT2D eigenvalue weighted by molar-refractivity contribution is 7.85. The zero-order valence-electron chi connectivity index (χ0n) is 22.7. The minimum atomic E-state index is -1.15. The fourth-order valence-electron chi connectivity index (χ4n) is 5.30. The first kappa shape index (κ1) is 26.3. The zero-order chi connectivity index (χ0) is 27.8. The molecule has 6 rings (SSSR count). The minimum absolute atomic E-state index is 0.148. The summed E-state index contributed by atoms with van der Waals surface area (Å²) in [4.78, 5) is 33.7. The number of morpholine rings is 1. The number of fused-ring (bicyclic) bond motifs is 2. The number of pyridine rings is 4. The van der Waals surface area contributed by atoms with Crippen LogP contribution in [0.25, 0.3) is 22.3 Å². The summed E-state index contributed by atoms with van der Waals surface area (Å²) in [5.74, 6) is 0.598. The van der Waals surface area contributed by atoms with Crippen LogP contribution in [0, 0.1) is 0 Å². The second-order valence-corrected chi connectivity index (χ2v) is 11.6. The summed E-state index contributed by atoms with van der Waals surface area (Å²) in [6.45, 7) is 6.64. The van der Waals surface area contributed by atoms with Crippen LogP contribution in [0.1, 0.15) is 35.6 Å². The van der Waals surface area contributed by atoms with E-state index in [9.17, 15) is 9.00 Å². The Bertz CT molecular complexity index is 1600. The molecule has 2 aliphatic heterocycles. The van der Waals surface area contributed by atoms with Crippen molar-refractivity contribution in [3.8, 4) is 11.4 Å². The fraction of sp³-hybridized carbons (Fsp3) is 0.345. The molecule has 1 N–H and O–H groups in total. The average molecular weight is 558 g/mol. The molecule has 4 aromatic heterocycles. The van der Waals surface area contributed by atoms with Crippen LogP contribution >= 0.6 is 0 Å². The third kappa shape index (κ3) is 5.39. The van der Waals surface area contributed by atoms with Gasteiger partial charge in [0.05, 0.1) is 47.0 Å². The van der Waals surface area contributed by atoms with Crippen LogP contribution in [-0.4, -0.2) is 68.1 Å². The Morgan fingerprint density at radius 1 is 1.05 bits per heavy atom. The van der Waals surface area contributed by atoms with Crippen LogP contribution in [0.3, 0.4) is 0 Å². The van der Waals surface area contributed by atoms with Crippen molar-refractivity contribution in [2.45, 2.75) is 39.0 Å². The van der Waals surface area contributed by atoms with Gasteiger partial charge in [-0.15, -0.1) is 0 Å². The summed E-state index contributed by atoms with van der Waals surface area (Å²) < 4.78 is 19.7. The molecule has 0 saturated carbocycles. The minimum Gasteiger partial charge on any atom is -0.372 e. The quantitative estimate of drug-likeness (QED) is 0.384. The summed E-state index contributed by atoms with van der Waals surface area (Å²) in [5, 5.41) is 3.80. The van der Waals surface area contributed by atoms with Crippen molar-refractivity contribution in [1.82, 2.24) is 25.3 Å². The summed E-state index contributed by atoms with van der Waals surface area (Å²) in [6.07, 6.45) is 6.16. The van der Waals surface area contributed by atoms with Crippen LogP contribution < -0.4 is 14.5 Å². The Morgan fingerprint density at radius 3 is 2.65 bits per heavy atom. The molecule has 6 heterocycles. The first-order chi connectivity index (χ1) is 19.3. The second kappa shape index (κ2) is 10.9. The van der Waals surface area contributed by atoms with E-state index in [0.717, 1.165) is 58.9 Å². The summed E-state index contributed by atoms with van der Waals surface area (Å²) in [6, 6.07) is 13.5. The van der Waals surface area contributed by atoms with Crippen LogP contribution in [0.5, 0.6) is 0 Å². The van der Waals surface area contributed by atoms with Gasteiger partial charge in [-0.25, -0.2) is 14.2 Å². The lowest BCUT2D eigenvalue weighted by Crippen LogP contribution is -2.45. The number of carbonyl (C=O) groups is 1. The van der Waals surface area contributed by atoms with E-state index in [-0.39, 0.29) is 30.4 Å². The molecule has 1 amide bonds. The highest BCUT2D eigenvalue weighted by atomic mass is 32.2. The van der Waals surface area contributed by atoms with E-state index in [1.165, 1.54) is 0 Å². The number of hydrogen-bond donors (Lipinski definition) is 1. The molecule has 206 valence electrons. The Morgan fingerprint density at radius 2 is 1.85 bits per heavy atom. The normalized spacial score (nSPS) is 19.5. The molecule has 1 saturated heterocycles. The van der Waals surface area contributed by atoms with E-state index in [1.54, 1.807) is 29.0 Å². The number of carbonyl (C=O) groups excluding carboxylic acids is 1. The van der Waals surface area contributed by atoms with E-state index >= 15 is 0 Å². The van der Waals surface area contributed by atoms with E-state index in [2.05, 4.69) is 34.0 Å². The van der Waals surface area contributed by atoms with Crippen molar-refractivity contribution in [3.05, 3.63) is 71.8 Å². The average Bonchev–Trinajstić information content (AvgIpc) is 3.39. The van der Waals surface area contributed by atoms with E-state index in [1.807, 2.05) is 36.4 Å². The van der Waals surface area contributed by atoms with Crippen molar-refractivity contribution in [2.24, 2.45) is 0 Å². The van der Waals surface area contributed by atoms with Crippen molar-refractivity contribution in [1.29, 1.82) is 0 Å². The SMILES string of the molecule is CC1CN(c2cccc(-c3ccc4cnc(CNC(=O)c5cc6c(cn5)CCN6S(C)=O)cc4n3)n2)CC(C)O1. The van der Waals surface area contributed by atoms with Gasteiger partial charge in [-0.1, -0.05) is 6.07 Å². The Hall–Kier alpha value is -3.96. The molecule has 3 atom stereocenters. The summed E-state index contributed by atoms with van der Waals surface area (Å²) in [5.41, 5.74) is 5.10. The number of ether oxygens (including phenoxy) is 1. The molecule has 3 unspecified atom stereocenters. The molecule has 1 fully saturated rings. The van der Waals surface area contributed by atoms with Gasteiger partial charge in [-0.2, -0.15) is 0 Å². The first-order valence-electron chi connectivity index (χ1n) is 13.4. The van der Waals surface area contributed by atoms with Gasteiger partial charge in [-0.3, -0.25) is 19.1 Å². The van der Waals surface area contributed by atoms with E-state index in [4.69, 9.17) is 14.7 Å². The van der Waals surface area contributed by atoms with Gasteiger partial charge in [0, 0.05) is 43.7 Å². The second-order valence-electron chi connectivity index (χ2n) is 10.3. The van der Waals surface area contributed by atoms with Crippen molar-refractivity contribution < 1.29 is 13.7 Å². The van der Waals surface area contributed by atoms with E-state index in [0.29, 0.717) is 12.2 Å². The maximum Gasteiger partial charge on any atom is 0.270 e. The number of hydrogen-bond acceptors (Lipinski definition) is 8. The van der Waals surface area contributed by atoms with Gasteiger partial charge in [0.25, 0.3) is 5.91 Å². The predicted molar refractivity (Wildman–Crippen MR) is 156 cm³/mol. The number of amides is 1. The molecule has 0 radical (unpaired) electrons. The van der Waals surface area contributed by atoms with Crippen LogP contribution in [0.15, 0.2) is 54.9 Å². The molecular weight excluding hydrogens is 526 g/mol. The van der Waals surface area contributed by atoms with Gasteiger partial charge >= 0.3 is 0 Å². The largest absolute Gasteiger partial charge is 0.372 e. The van der Waals surface area contributed by atoms with Gasteiger partial charge in [0.15, 0.2) is 0 Å². The zero-order valence-corrected chi connectivity index (χ0v) is 23.5. The topological polar surface area (TPSA) is 113 Å². The number of anilines is 2. The predicted octanol–water partition coefficient (Wildman–Crippen LogP) is 3.29. The maximum absolute atomic E-state index is 12.9. The lowest BCUT2D eigenvalue weighted by molar-refractivity contribution is -0.00545. The van der Waals surface area contributed by atoms with Crippen LogP contribution in [0.4, 0.5) is 11.5 Å². The molecular formula is C29H31N7O3S. The van der Waals surface area contributed by atoms with Crippen molar-refractivity contribution >= 4 is 39.3 Å². The maximum atomic E-state index is 12.9. The smallest absolute Gasteiger partial charge is 0.270 e. The highest BCUT2D eigenvalue weighted by Gasteiger charge is 2.25. The van der Waals surface area contributed by atoms with E-state index < -0.39 is 11.0 Å². The lowest BCUT2D eigenvalue weighted by atomic mass is 10.1. The van der Waals surface area contributed by atoms with Crippen LogP contribution in [-0.2, 0) is 28.7 Å². The Kier molecular flexibility index (Phi) is 7.16. The monoisotopic (exact) mass is 557 g/mol. The van der Waals surface area contributed by atoms with Crippen molar-refractivity contribution in [2.75, 3.05) is 35.1 Å². The number of nitrogens with zero attached hydrogens (tertiary/aromatic N) is 6. The summed E-state index contributed by atoms with van der Waals surface area (Å²) in [7, 11) is -1.15.